The van der Waals surface area contributed by atoms with E-state index in [9.17, 15) is 4.79 Å². The summed E-state index contributed by atoms with van der Waals surface area (Å²) in [7, 11) is 1.64. The van der Waals surface area contributed by atoms with E-state index in [4.69, 9.17) is 17.0 Å². The SMILES string of the molecule is COc1ccc(NC(=O)c2ccc[nH]c2=S)cc1Cc1ccccc1. The molecule has 2 aromatic carbocycles. The predicted octanol–water partition coefficient (Wildman–Crippen LogP) is 4.60. The van der Waals surface area contributed by atoms with Crippen molar-refractivity contribution < 1.29 is 9.53 Å². The maximum absolute atomic E-state index is 12.4. The second-order valence-corrected chi connectivity index (χ2v) is 5.96. The fourth-order valence-corrected chi connectivity index (χ4v) is 2.84. The van der Waals surface area contributed by atoms with Gasteiger partial charge in [0.2, 0.25) is 0 Å². The Hall–Kier alpha value is -2.92. The van der Waals surface area contributed by atoms with Crippen molar-refractivity contribution in [3.8, 4) is 5.75 Å². The number of carbonyl (C=O) groups excluding carboxylic acids is 1. The van der Waals surface area contributed by atoms with Gasteiger partial charge in [0.05, 0.1) is 12.7 Å². The van der Waals surface area contributed by atoms with Gasteiger partial charge in [-0.05, 0) is 35.9 Å². The first kappa shape index (κ1) is 16.9. The molecule has 1 heterocycles. The highest BCUT2D eigenvalue weighted by atomic mass is 32.1. The fourth-order valence-electron chi connectivity index (χ4n) is 2.61. The van der Waals surface area contributed by atoms with Crippen LogP contribution in [0.25, 0.3) is 0 Å². The third-order valence-corrected chi connectivity index (χ3v) is 4.18. The number of rotatable bonds is 5. The van der Waals surface area contributed by atoms with Gasteiger partial charge in [-0.25, -0.2) is 0 Å². The molecule has 0 atom stereocenters. The van der Waals surface area contributed by atoms with E-state index in [0.717, 1.165) is 17.7 Å². The van der Waals surface area contributed by atoms with E-state index in [0.29, 0.717) is 15.9 Å². The second-order valence-electron chi connectivity index (χ2n) is 5.56. The normalized spacial score (nSPS) is 10.3. The number of pyridine rings is 1. The zero-order valence-electron chi connectivity index (χ0n) is 13.8. The van der Waals surface area contributed by atoms with E-state index >= 15 is 0 Å². The van der Waals surface area contributed by atoms with Gasteiger partial charge in [0, 0.05) is 23.9 Å². The van der Waals surface area contributed by atoms with Crippen LogP contribution in [0.4, 0.5) is 5.69 Å². The molecular weight excluding hydrogens is 332 g/mol. The van der Waals surface area contributed by atoms with Gasteiger partial charge in [-0.1, -0.05) is 42.5 Å². The molecule has 0 spiro atoms. The topological polar surface area (TPSA) is 54.1 Å². The van der Waals surface area contributed by atoms with Gasteiger partial charge in [-0.2, -0.15) is 0 Å². The van der Waals surface area contributed by atoms with Gasteiger partial charge >= 0.3 is 0 Å². The molecule has 0 saturated carbocycles. The first-order valence-electron chi connectivity index (χ1n) is 7.87. The third-order valence-electron chi connectivity index (χ3n) is 3.84. The fraction of sp³-hybridized carbons (Fsp3) is 0.100. The minimum Gasteiger partial charge on any atom is -0.496 e. The summed E-state index contributed by atoms with van der Waals surface area (Å²) >= 11 is 5.16. The van der Waals surface area contributed by atoms with Crippen molar-refractivity contribution in [2.75, 3.05) is 12.4 Å². The zero-order valence-corrected chi connectivity index (χ0v) is 14.6. The lowest BCUT2D eigenvalue weighted by Crippen LogP contribution is -2.13. The summed E-state index contributed by atoms with van der Waals surface area (Å²) in [6.45, 7) is 0. The van der Waals surface area contributed by atoms with Crippen molar-refractivity contribution in [2.45, 2.75) is 6.42 Å². The van der Waals surface area contributed by atoms with E-state index < -0.39 is 0 Å². The predicted molar refractivity (Wildman–Crippen MR) is 102 cm³/mol. The summed E-state index contributed by atoms with van der Waals surface area (Å²) in [5.74, 6) is 0.552. The standard InChI is InChI=1S/C20H18N2O2S/c1-24-18-10-9-16(13-15(18)12-14-6-3-2-4-7-14)22-19(23)17-8-5-11-21-20(17)25/h2-11,13H,12H2,1H3,(H,21,25)(H,22,23). The summed E-state index contributed by atoms with van der Waals surface area (Å²) in [5.41, 5.74) is 3.33. The Morgan fingerprint density at radius 2 is 1.92 bits per heavy atom. The molecule has 0 saturated heterocycles. The number of hydrogen-bond acceptors (Lipinski definition) is 3. The van der Waals surface area contributed by atoms with Crippen LogP contribution in [0.2, 0.25) is 0 Å². The van der Waals surface area contributed by atoms with E-state index in [2.05, 4.69) is 22.4 Å². The van der Waals surface area contributed by atoms with Gasteiger partial charge in [0.15, 0.2) is 0 Å². The van der Waals surface area contributed by atoms with Crippen LogP contribution in [0, 0.1) is 4.64 Å². The number of aromatic amines is 1. The van der Waals surface area contributed by atoms with Crippen LogP contribution in [0.5, 0.6) is 5.75 Å². The lowest BCUT2D eigenvalue weighted by molar-refractivity contribution is 0.102. The number of methoxy groups -OCH3 is 1. The Bertz CT molecular complexity index is 936. The Morgan fingerprint density at radius 3 is 2.64 bits per heavy atom. The van der Waals surface area contributed by atoms with Crippen molar-refractivity contribution in [2.24, 2.45) is 0 Å². The molecule has 4 nitrogen and oxygen atoms in total. The molecule has 0 aliphatic rings. The molecule has 1 amide bonds. The number of hydrogen-bond donors (Lipinski definition) is 2. The second kappa shape index (κ2) is 7.77. The van der Waals surface area contributed by atoms with E-state index in [1.54, 1.807) is 25.4 Å². The summed E-state index contributed by atoms with van der Waals surface area (Å²) in [6, 6.07) is 19.2. The first-order chi connectivity index (χ1) is 12.2. The quantitative estimate of drug-likeness (QED) is 0.662. The van der Waals surface area contributed by atoms with Crippen LogP contribution in [-0.2, 0) is 6.42 Å². The maximum atomic E-state index is 12.4. The lowest BCUT2D eigenvalue weighted by atomic mass is 10.0. The number of benzene rings is 2. The van der Waals surface area contributed by atoms with Crippen LogP contribution < -0.4 is 10.1 Å². The number of nitrogens with one attached hydrogen (secondary N) is 2. The molecule has 0 fully saturated rings. The Kier molecular flexibility index (Phi) is 5.26. The highest BCUT2D eigenvalue weighted by molar-refractivity contribution is 7.71. The molecule has 0 aliphatic heterocycles. The Morgan fingerprint density at radius 1 is 1.12 bits per heavy atom. The molecule has 25 heavy (non-hydrogen) atoms. The van der Waals surface area contributed by atoms with Crippen molar-refractivity contribution in [3.05, 3.63) is 88.2 Å². The first-order valence-corrected chi connectivity index (χ1v) is 8.28. The van der Waals surface area contributed by atoms with Crippen LogP contribution in [0.3, 0.4) is 0 Å². The number of anilines is 1. The average Bonchev–Trinajstić information content (AvgIpc) is 2.63. The van der Waals surface area contributed by atoms with Crippen LogP contribution in [-0.4, -0.2) is 18.0 Å². The average molecular weight is 350 g/mol. The van der Waals surface area contributed by atoms with Crippen LogP contribution in [0.1, 0.15) is 21.5 Å². The van der Waals surface area contributed by atoms with Gasteiger partial charge in [0.25, 0.3) is 5.91 Å². The van der Waals surface area contributed by atoms with Crippen LogP contribution >= 0.6 is 12.2 Å². The highest BCUT2D eigenvalue weighted by Gasteiger charge is 2.10. The molecular formula is C20H18N2O2S. The summed E-state index contributed by atoms with van der Waals surface area (Å²) < 4.78 is 5.86. The number of ether oxygens (including phenoxy) is 1. The molecule has 0 bridgehead atoms. The van der Waals surface area contributed by atoms with Crippen molar-refractivity contribution in [3.63, 3.8) is 0 Å². The van der Waals surface area contributed by atoms with Crippen molar-refractivity contribution >= 4 is 23.8 Å². The summed E-state index contributed by atoms with van der Waals surface area (Å²) in [4.78, 5) is 15.3. The van der Waals surface area contributed by atoms with Gasteiger partial charge < -0.3 is 15.0 Å². The van der Waals surface area contributed by atoms with Crippen LogP contribution in [0.15, 0.2) is 66.9 Å². The minimum absolute atomic E-state index is 0.238. The molecule has 5 heteroatoms. The number of H-pyrrole nitrogens is 1. The largest absolute Gasteiger partial charge is 0.496 e. The van der Waals surface area contributed by atoms with Gasteiger partial charge in [-0.3, -0.25) is 4.79 Å². The molecule has 3 rings (SSSR count). The lowest BCUT2D eigenvalue weighted by Gasteiger charge is -2.12. The number of amides is 1. The Labute approximate surface area is 151 Å². The molecule has 1 aromatic heterocycles. The molecule has 2 N–H and O–H groups in total. The van der Waals surface area contributed by atoms with Crippen molar-refractivity contribution in [1.82, 2.24) is 4.98 Å². The Balaban J connectivity index is 1.85. The zero-order chi connectivity index (χ0) is 17.6. The van der Waals surface area contributed by atoms with E-state index in [1.165, 1.54) is 5.56 Å². The van der Waals surface area contributed by atoms with E-state index in [-0.39, 0.29) is 5.91 Å². The van der Waals surface area contributed by atoms with Gasteiger partial charge in [0.1, 0.15) is 10.4 Å². The molecule has 0 aliphatic carbocycles. The van der Waals surface area contributed by atoms with Gasteiger partial charge in [-0.15, -0.1) is 0 Å². The number of carbonyl (C=O) groups is 1. The van der Waals surface area contributed by atoms with E-state index in [1.807, 2.05) is 36.4 Å². The molecule has 0 unspecified atom stereocenters. The van der Waals surface area contributed by atoms with Crippen molar-refractivity contribution in [1.29, 1.82) is 0 Å². The monoisotopic (exact) mass is 350 g/mol. The number of aromatic nitrogens is 1. The molecule has 126 valence electrons. The summed E-state index contributed by atoms with van der Waals surface area (Å²) in [6.07, 6.45) is 2.42. The molecule has 0 radical (unpaired) electrons. The minimum atomic E-state index is -0.238. The molecule has 3 aromatic rings. The highest BCUT2D eigenvalue weighted by Crippen LogP contribution is 2.25. The smallest absolute Gasteiger partial charge is 0.258 e. The maximum Gasteiger partial charge on any atom is 0.258 e. The third kappa shape index (κ3) is 4.14. The summed E-state index contributed by atoms with van der Waals surface area (Å²) in [5, 5.41) is 2.90.